The molecular weight excluding hydrogens is 232 g/mol. The van der Waals surface area contributed by atoms with Crippen molar-refractivity contribution in [2.45, 2.75) is 26.7 Å². The molecule has 0 amide bonds. The summed E-state index contributed by atoms with van der Waals surface area (Å²) in [5.41, 5.74) is 5.21. The zero-order valence-corrected chi connectivity index (χ0v) is 11.6. The van der Waals surface area contributed by atoms with E-state index in [4.69, 9.17) is 5.26 Å². The van der Waals surface area contributed by atoms with Crippen LogP contribution in [0.4, 0.5) is 11.4 Å². The molecule has 0 atom stereocenters. The Morgan fingerprint density at radius 2 is 1.74 bits per heavy atom. The van der Waals surface area contributed by atoms with Crippen molar-refractivity contribution in [1.29, 1.82) is 5.26 Å². The maximum Gasteiger partial charge on any atom is 0.0991 e. The molecule has 0 saturated carbocycles. The Hall–Kier alpha value is -2.27. The van der Waals surface area contributed by atoms with Crippen molar-refractivity contribution in [3.63, 3.8) is 0 Å². The molecule has 0 saturated heterocycles. The van der Waals surface area contributed by atoms with E-state index in [-0.39, 0.29) is 0 Å². The molecule has 0 spiro atoms. The number of hydrogen-bond donors (Lipinski definition) is 1. The highest BCUT2D eigenvalue weighted by molar-refractivity contribution is 5.64. The molecular formula is C17H18N2. The molecule has 0 bridgehead atoms. The van der Waals surface area contributed by atoms with Gasteiger partial charge in [-0.05, 0) is 54.3 Å². The van der Waals surface area contributed by atoms with Gasteiger partial charge in [-0.2, -0.15) is 5.26 Å². The Morgan fingerprint density at radius 3 is 2.26 bits per heavy atom. The average molecular weight is 250 g/mol. The van der Waals surface area contributed by atoms with E-state index in [1.165, 1.54) is 5.56 Å². The van der Waals surface area contributed by atoms with Crippen LogP contribution in [-0.2, 0) is 0 Å². The van der Waals surface area contributed by atoms with Crippen LogP contribution in [-0.4, -0.2) is 0 Å². The summed E-state index contributed by atoms with van der Waals surface area (Å²) in [5, 5.41) is 12.2. The van der Waals surface area contributed by atoms with Crippen LogP contribution >= 0.6 is 0 Å². The molecule has 96 valence electrons. The van der Waals surface area contributed by atoms with Gasteiger partial charge in [-0.25, -0.2) is 0 Å². The van der Waals surface area contributed by atoms with E-state index in [1.54, 1.807) is 0 Å². The molecule has 0 heterocycles. The van der Waals surface area contributed by atoms with Crippen LogP contribution in [0.5, 0.6) is 0 Å². The Bertz CT molecular complexity index is 604. The Balaban J connectivity index is 2.19. The third-order valence-corrected chi connectivity index (χ3v) is 3.21. The van der Waals surface area contributed by atoms with Crippen molar-refractivity contribution in [1.82, 2.24) is 0 Å². The number of nitriles is 1. The number of nitrogens with zero attached hydrogens (tertiary/aromatic N) is 1. The number of nitrogens with one attached hydrogen (secondary N) is 1. The van der Waals surface area contributed by atoms with Gasteiger partial charge in [-0.15, -0.1) is 0 Å². The van der Waals surface area contributed by atoms with Crippen LogP contribution in [0.2, 0.25) is 0 Å². The smallest absolute Gasteiger partial charge is 0.0991 e. The second kappa shape index (κ2) is 5.58. The normalized spacial score (nSPS) is 10.3. The van der Waals surface area contributed by atoms with Gasteiger partial charge in [0.1, 0.15) is 0 Å². The molecule has 0 aromatic heterocycles. The quantitative estimate of drug-likeness (QED) is 0.854. The van der Waals surface area contributed by atoms with Crippen molar-refractivity contribution < 1.29 is 0 Å². The molecule has 0 aliphatic heterocycles. The summed E-state index contributed by atoms with van der Waals surface area (Å²) >= 11 is 0. The molecule has 0 aliphatic carbocycles. The van der Waals surface area contributed by atoms with Crippen LogP contribution in [0.15, 0.2) is 42.5 Å². The van der Waals surface area contributed by atoms with Gasteiger partial charge in [0.15, 0.2) is 0 Å². The van der Waals surface area contributed by atoms with E-state index >= 15 is 0 Å². The van der Waals surface area contributed by atoms with Crippen LogP contribution in [0.25, 0.3) is 0 Å². The first kappa shape index (κ1) is 13.2. The van der Waals surface area contributed by atoms with Crippen LogP contribution < -0.4 is 5.32 Å². The summed E-state index contributed by atoms with van der Waals surface area (Å²) in [4.78, 5) is 0. The number of aryl methyl sites for hydroxylation is 1. The summed E-state index contributed by atoms with van der Waals surface area (Å²) in [5.74, 6) is 0.547. The van der Waals surface area contributed by atoms with E-state index in [0.717, 1.165) is 16.9 Å². The van der Waals surface area contributed by atoms with Gasteiger partial charge in [0.2, 0.25) is 0 Å². The van der Waals surface area contributed by atoms with Gasteiger partial charge >= 0.3 is 0 Å². The summed E-state index contributed by atoms with van der Waals surface area (Å²) in [6.07, 6.45) is 0. The third-order valence-electron chi connectivity index (χ3n) is 3.21. The second-order valence-electron chi connectivity index (χ2n) is 5.04. The fourth-order valence-electron chi connectivity index (χ4n) is 1.98. The molecule has 2 rings (SSSR count). The van der Waals surface area contributed by atoms with Gasteiger partial charge in [-0.1, -0.05) is 26.0 Å². The van der Waals surface area contributed by atoms with Crippen molar-refractivity contribution >= 4 is 11.4 Å². The molecule has 19 heavy (non-hydrogen) atoms. The number of anilines is 2. The van der Waals surface area contributed by atoms with Crippen LogP contribution in [0.3, 0.4) is 0 Å². The second-order valence-corrected chi connectivity index (χ2v) is 5.04. The zero-order valence-electron chi connectivity index (χ0n) is 11.6. The fourth-order valence-corrected chi connectivity index (χ4v) is 1.98. The monoisotopic (exact) mass is 250 g/mol. The molecule has 0 fully saturated rings. The first-order valence-corrected chi connectivity index (χ1v) is 6.48. The van der Waals surface area contributed by atoms with Gasteiger partial charge in [-0.3, -0.25) is 0 Å². The lowest BCUT2D eigenvalue weighted by atomic mass is 10.0. The van der Waals surface area contributed by atoms with Gasteiger partial charge in [0.25, 0.3) is 0 Å². The fraction of sp³-hybridized carbons (Fsp3) is 0.235. The maximum absolute atomic E-state index is 8.85. The highest BCUT2D eigenvalue weighted by atomic mass is 14.9. The van der Waals surface area contributed by atoms with Crippen molar-refractivity contribution in [2.75, 3.05) is 5.32 Å². The van der Waals surface area contributed by atoms with Crippen molar-refractivity contribution in [3.05, 3.63) is 59.2 Å². The van der Waals surface area contributed by atoms with Crippen molar-refractivity contribution in [2.24, 2.45) is 0 Å². The predicted molar refractivity (Wildman–Crippen MR) is 79.7 cm³/mol. The maximum atomic E-state index is 8.85. The molecule has 0 aliphatic rings. The predicted octanol–water partition coefficient (Wildman–Crippen LogP) is 4.73. The number of benzene rings is 2. The Morgan fingerprint density at radius 1 is 1.05 bits per heavy atom. The Kier molecular flexibility index (Phi) is 3.87. The first-order valence-electron chi connectivity index (χ1n) is 6.48. The van der Waals surface area contributed by atoms with E-state index in [0.29, 0.717) is 11.5 Å². The lowest BCUT2D eigenvalue weighted by molar-refractivity contribution is 0.867. The van der Waals surface area contributed by atoms with E-state index < -0.39 is 0 Å². The van der Waals surface area contributed by atoms with Crippen LogP contribution in [0, 0.1) is 18.3 Å². The zero-order chi connectivity index (χ0) is 13.8. The topological polar surface area (TPSA) is 35.8 Å². The third kappa shape index (κ3) is 3.14. The van der Waals surface area contributed by atoms with Crippen LogP contribution in [0.1, 0.15) is 36.5 Å². The Labute approximate surface area is 114 Å². The largest absolute Gasteiger partial charge is 0.355 e. The first-order chi connectivity index (χ1) is 9.10. The molecule has 0 unspecified atom stereocenters. The van der Waals surface area contributed by atoms with Gasteiger partial charge in [0.05, 0.1) is 11.6 Å². The van der Waals surface area contributed by atoms with E-state index in [1.807, 2.05) is 25.1 Å². The SMILES string of the molecule is Cc1cc(C#N)ccc1Nc1ccc(C(C)C)cc1. The standard InChI is InChI=1S/C17H18N2/c1-12(2)15-5-7-16(8-6-15)19-17-9-4-14(11-18)10-13(17)3/h4-10,12,19H,1-3H3. The molecule has 2 aromatic carbocycles. The summed E-state index contributed by atoms with van der Waals surface area (Å²) in [7, 11) is 0. The lowest BCUT2D eigenvalue weighted by Crippen LogP contribution is -1.94. The summed E-state index contributed by atoms with van der Waals surface area (Å²) in [6, 6.07) is 16.3. The lowest BCUT2D eigenvalue weighted by Gasteiger charge is -2.11. The van der Waals surface area contributed by atoms with Gasteiger partial charge in [0, 0.05) is 11.4 Å². The highest BCUT2D eigenvalue weighted by Crippen LogP contribution is 2.23. The molecule has 2 nitrogen and oxygen atoms in total. The summed E-state index contributed by atoms with van der Waals surface area (Å²) < 4.78 is 0. The minimum absolute atomic E-state index is 0.547. The minimum Gasteiger partial charge on any atom is -0.355 e. The number of rotatable bonds is 3. The van der Waals surface area contributed by atoms with E-state index in [9.17, 15) is 0 Å². The molecule has 0 radical (unpaired) electrons. The van der Waals surface area contributed by atoms with E-state index in [2.05, 4.69) is 49.5 Å². The van der Waals surface area contributed by atoms with Crippen molar-refractivity contribution in [3.8, 4) is 6.07 Å². The number of hydrogen-bond acceptors (Lipinski definition) is 2. The highest BCUT2D eigenvalue weighted by Gasteiger charge is 2.02. The molecule has 1 N–H and O–H groups in total. The molecule has 2 aromatic rings. The molecule has 2 heteroatoms. The summed E-state index contributed by atoms with van der Waals surface area (Å²) in [6.45, 7) is 6.38. The average Bonchev–Trinajstić information content (AvgIpc) is 2.41. The van der Waals surface area contributed by atoms with Gasteiger partial charge < -0.3 is 5.32 Å². The minimum atomic E-state index is 0.547.